The lowest BCUT2D eigenvalue weighted by atomic mass is 10.1. The number of nitrogens with zero attached hydrogens (tertiary/aromatic N) is 2. The molecule has 0 radical (unpaired) electrons. The van der Waals surface area contributed by atoms with Gasteiger partial charge < -0.3 is 4.57 Å². The van der Waals surface area contributed by atoms with E-state index in [1.54, 1.807) is 23.3 Å². The maximum Gasteiger partial charge on any atom is 0.152 e. The predicted octanol–water partition coefficient (Wildman–Crippen LogP) is 2.74. The summed E-state index contributed by atoms with van der Waals surface area (Å²) in [6.45, 7) is 0.389. The molecule has 0 aliphatic rings. The molecule has 1 aromatic carbocycles. The van der Waals surface area contributed by atoms with Crippen molar-refractivity contribution >= 4 is 17.4 Å². The van der Waals surface area contributed by atoms with Crippen molar-refractivity contribution in [2.24, 2.45) is 0 Å². The van der Waals surface area contributed by atoms with Gasteiger partial charge in [-0.25, -0.2) is 4.98 Å². The smallest absolute Gasteiger partial charge is 0.152 e. The zero-order valence-electron chi connectivity index (χ0n) is 9.34. The maximum absolute atomic E-state index is 11.7. The van der Waals surface area contributed by atoms with Crippen LogP contribution in [0, 0.1) is 0 Å². The van der Waals surface area contributed by atoms with Crippen LogP contribution in [-0.2, 0) is 17.8 Å². The van der Waals surface area contributed by atoms with E-state index < -0.39 is 0 Å². The number of aromatic nitrogens is 2. The molecule has 0 bridgehead atoms. The summed E-state index contributed by atoms with van der Waals surface area (Å²) in [7, 11) is 0. The van der Waals surface area contributed by atoms with Crippen molar-refractivity contribution in [3.63, 3.8) is 0 Å². The molecule has 0 unspecified atom stereocenters. The average Bonchev–Trinajstić information content (AvgIpc) is 2.79. The number of Topliss-reactive ketones (excluding diaryl/α,β-unsaturated/α-hetero) is 1. The number of benzene rings is 1. The van der Waals surface area contributed by atoms with Crippen LogP contribution in [0.1, 0.15) is 12.0 Å². The third kappa shape index (κ3) is 3.71. The predicted molar refractivity (Wildman–Crippen MR) is 67.0 cm³/mol. The van der Waals surface area contributed by atoms with Crippen molar-refractivity contribution in [3.8, 4) is 0 Å². The van der Waals surface area contributed by atoms with Crippen LogP contribution in [0.15, 0.2) is 43.0 Å². The SMILES string of the molecule is O=C(CCc1cccc(Cl)c1)Cn1ccnc1. The highest BCUT2D eigenvalue weighted by atomic mass is 35.5. The third-order valence-electron chi connectivity index (χ3n) is 2.50. The lowest BCUT2D eigenvalue weighted by Gasteiger charge is -2.03. The Balaban J connectivity index is 1.84. The highest BCUT2D eigenvalue weighted by molar-refractivity contribution is 6.30. The van der Waals surface area contributed by atoms with Crippen molar-refractivity contribution in [2.45, 2.75) is 19.4 Å². The Kier molecular flexibility index (Phi) is 3.94. The highest BCUT2D eigenvalue weighted by Gasteiger charge is 2.03. The molecule has 2 rings (SSSR count). The fourth-order valence-electron chi connectivity index (χ4n) is 1.64. The number of ketones is 1. The van der Waals surface area contributed by atoms with E-state index >= 15 is 0 Å². The molecule has 0 atom stereocenters. The zero-order valence-corrected chi connectivity index (χ0v) is 10.1. The van der Waals surface area contributed by atoms with Crippen LogP contribution in [0.3, 0.4) is 0 Å². The zero-order chi connectivity index (χ0) is 12.1. The minimum atomic E-state index is 0.197. The van der Waals surface area contributed by atoms with Gasteiger partial charge in [0, 0.05) is 23.8 Å². The molecule has 1 aromatic heterocycles. The number of halogens is 1. The summed E-state index contributed by atoms with van der Waals surface area (Å²) in [6, 6.07) is 7.61. The number of aryl methyl sites for hydroxylation is 1. The molecule has 1 heterocycles. The van der Waals surface area contributed by atoms with E-state index in [1.807, 2.05) is 24.3 Å². The second-order valence-corrected chi connectivity index (χ2v) is 4.34. The van der Waals surface area contributed by atoms with Gasteiger partial charge in [0.1, 0.15) is 0 Å². The molecule has 2 aromatic rings. The molecule has 88 valence electrons. The molecule has 0 N–H and O–H groups in total. The Morgan fingerprint density at radius 3 is 3.00 bits per heavy atom. The van der Waals surface area contributed by atoms with Crippen LogP contribution >= 0.6 is 11.6 Å². The lowest BCUT2D eigenvalue weighted by Crippen LogP contribution is -2.09. The third-order valence-corrected chi connectivity index (χ3v) is 2.73. The molecule has 3 nitrogen and oxygen atoms in total. The molecular weight excluding hydrogens is 236 g/mol. The fourth-order valence-corrected chi connectivity index (χ4v) is 1.85. The highest BCUT2D eigenvalue weighted by Crippen LogP contribution is 2.12. The lowest BCUT2D eigenvalue weighted by molar-refractivity contribution is -0.119. The molecule has 17 heavy (non-hydrogen) atoms. The van der Waals surface area contributed by atoms with Crippen LogP contribution in [0.5, 0.6) is 0 Å². The minimum Gasteiger partial charge on any atom is -0.330 e. The fraction of sp³-hybridized carbons (Fsp3) is 0.231. The van der Waals surface area contributed by atoms with Gasteiger partial charge in [0.2, 0.25) is 0 Å². The van der Waals surface area contributed by atoms with Gasteiger partial charge >= 0.3 is 0 Å². The standard InChI is InChI=1S/C13H13ClN2O/c14-12-3-1-2-11(8-12)4-5-13(17)9-16-7-6-15-10-16/h1-3,6-8,10H,4-5,9H2. The van der Waals surface area contributed by atoms with E-state index in [2.05, 4.69) is 4.98 Å². The average molecular weight is 249 g/mol. The van der Waals surface area contributed by atoms with Crippen molar-refractivity contribution in [3.05, 3.63) is 53.6 Å². The van der Waals surface area contributed by atoms with Crippen LogP contribution in [0.25, 0.3) is 0 Å². The minimum absolute atomic E-state index is 0.197. The van der Waals surface area contributed by atoms with Gasteiger partial charge in [-0.3, -0.25) is 4.79 Å². The second kappa shape index (κ2) is 5.64. The van der Waals surface area contributed by atoms with Gasteiger partial charge in [-0.2, -0.15) is 0 Å². The summed E-state index contributed by atoms with van der Waals surface area (Å²) in [5.41, 5.74) is 1.09. The number of hydrogen-bond donors (Lipinski definition) is 0. The van der Waals surface area contributed by atoms with Crippen LogP contribution < -0.4 is 0 Å². The van der Waals surface area contributed by atoms with Gasteiger partial charge in [-0.15, -0.1) is 0 Å². The molecule has 0 spiro atoms. The first-order valence-corrected chi connectivity index (χ1v) is 5.84. The Labute approximate surface area is 105 Å². The van der Waals surface area contributed by atoms with Crippen molar-refractivity contribution < 1.29 is 4.79 Å². The topological polar surface area (TPSA) is 34.9 Å². The molecule has 0 saturated heterocycles. The Hall–Kier alpha value is -1.61. The quantitative estimate of drug-likeness (QED) is 0.816. The monoisotopic (exact) mass is 248 g/mol. The molecule has 0 aliphatic carbocycles. The second-order valence-electron chi connectivity index (χ2n) is 3.90. The molecule has 0 amide bonds. The van der Waals surface area contributed by atoms with Crippen molar-refractivity contribution in [1.82, 2.24) is 9.55 Å². The Morgan fingerprint density at radius 2 is 2.29 bits per heavy atom. The first kappa shape index (κ1) is 11.9. The van der Waals surface area contributed by atoms with Gasteiger partial charge in [0.05, 0.1) is 12.9 Å². The van der Waals surface area contributed by atoms with E-state index in [0.29, 0.717) is 18.0 Å². The van der Waals surface area contributed by atoms with Gasteiger partial charge in [-0.05, 0) is 24.1 Å². The summed E-state index contributed by atoms with van der Waals surface area (Å²) in [6.07, 6.45) is 6.37. The molecule has 0 aliphatic heterocycles. The van der Waals surface area contributed by atoms with Crippen LogP contribution in [0.2, 0.25) is 5.02 Å². The molecular formula is C13H13ClN2O. The van der Waals surface area contributed by atoms with Crippen molar-refractivity contribution in [1.29, 1.82) is 0 Å². The number of hydrogen-bond acceptors (Lipinski definition) is 2. The van der Waals surface area contributed by atoms with E-state index in [-0.39, 0.29) is 5.78 Å². The first-order valence-electron chi connectivity index (χ1n) is 5.46. The first-order chi connectivity index (χ1) is 8.24. The summed E-state index contributed by atoms with van der Waals surface area (Å²) in [5, 5.41) is 0.713. The molecule has 0 saturated carbocycles. The van der Waals surface area contributed by atoms with E-state index in [1.165, 1.54) is 0 Å². The number of carbonyl (C=O) groups is 1. The van der Waals surface area contributed by atoms with Crippen LogP contribution in [-0.4, -0.2) is 15.3 Å². The number of imidazole rings is 1. The van der Waals surface area contributed by atoms with Gasteiger partial charge in [-0.1, -0.05) is 23.7 Å². The number of rotatable bonds is 5. The summed E-state index contributed by atoms with van der Waals surface area (Å²) >= 11 is 5.88. The van der Waals surface area contributed by atoms with E-state index in [9.17, 15) is 4.79 Å². The summed E-state index contributed by atoms with van der Waals surface area (Å²) < 4.78 is 1.78. The number of carbonyl (C=O) groups excluding carboxylic acids is 1. The normalized spacial score (nSPS) is 10.4. The largest absolute Gasteiger partial charge is 0.330 e. The maximum atomic E-state index is 11.7. The molecule has 0 fully saturated rings. The van der Waals surface area contributed by atoms with Gasteiger partial charge in [0.15, 0.2) is 5.78 Å². The molecule has 4 heteroatoms. The van der Waals surface area contributed by atoms with Crippen LogP contribution in [0.4, 0.5) is 0 Å². The Bertz CT molecular complexity index is 494. The summed E-state index contributed by atoms with van der Waals surface area (Å²) in [4.78, 5) is 15.6. The van der Waals surface area contributed by atoms with Gasteiger partial charge in [0.25, 0.3) is 0 Å². The van der Waals surface area contributed by atoms with E-state index in [4.69, 9.17) is 11.6 Å². The van der Waals surface area contributed by atoms with Crippen molar-refractivity contribution in [2.75, 3.05) is 0 Å². The summed E-state index contributed by atoms with van der Waals surface area (Å²) in [5.74, 6) is 0.197. The van der Waals surface area contributed by atoms with E-state index in [0.717, 1.165) is 12.0 Å². The Morgan fingerprint density at radius 1 is 1.41 bits per heavy atom.